The molecule has 1 aliphatic rings. The van der Waals surface area contributed by atoms with Gasteiger partial charge in [-0.1, -0.05) is 12.1 Å². The number of halogens is 3. The van der Waals surface area contributed by atoms with Gasteiger partial charge in [0.2, 0.25) is 0 Å². The van der Waals surface area contributed by atoms with Gasteiger partial charge in [0.1, 0.15) is 17.7 Å². The first-order valence-electron chi connectivity index (χ1n) is 7.27. The number of carbonyl (C=O) groups is 1. The molecule has 0 aliphatic carbocycles. The average molecular weight is 340 g/mol. The summed E-state index contributed by atoms with van der Waals surface area (Å²) < 4.78 is 39.6. The van der Waals surface area contributed by atoms with Crippen molar-refractivity contribution in [2.75, 3.05) is 0 Å². The van der Waals surface area contributed by atoms with Crippen molar-refractivity contribution in [3.05, 3.63) is 47.0 Å². The number of aliphatic carboxylic acids is 1. The van der Waals surface area contributed by atoms with Gasteiger partial charge in [-0.15, -0.1) is 10.2 Å². The van der Waals surface area contributed by atoms with Gasteiger partial charge in [0.05, 0.1) is 18.7 Å². The Morgan fingerprint density at radius 1 is 1.29 bits per heavy atom. The van der Waals surface area contributed by atoms with Crippen LogP contribution in [0.5, 0.6) is 0 Å². The maximum absolute atomic E-state index is 12.6. The van der Waals surface area contributed by atoms with Crippen molar-refractivity contribution in [3.8, 4) is 0 Å². The molecule has 128 valence electrons. The molecule has 2 aromatic rings. The van der Waals surface area contributed by atoms with Crippen molar-refractivity contribution < 1.29 is 23.1 Å². The molecule has 6 nitrogen and oxygen atoms in total. The van der Waals surface area contributed by atoms with Gasteiger partial charge in [-0.2, -0.15) is 13.2 Å². The molecule has 0 saturated heterocycles. The van der Waals surface area contributed by atoms with Crippen LogP contribution in [0.15, 0.2) is 24.3 Å². The summed E-state index contributed by atoms with van der Waals surface area (Å²) in [5.41, 5.74) is -0.117. The van der Waals surface area contributed by atoms with Crippen LogP contribution in [0.25, 0.3) is 0 Å². The topological polar surface area (TPSA) is 71.2 Å². The number of aromatic nitrogens is 3. The first-order valence-corrected chi connectivity index (χ1v) is 7.27. The van der Waals surface area contributed by atoms with Gasteiger partial charge in [-0.3, -0.25) is 9.69 Å². The Bertz CT molecular complexity index is 755. The molecule has 1 aliphatic heterocycles. The number of hydrogen-bond acceptors (Lipinski definition) is 4. The molecule has 0 fully saturated rings. The summed E-state index contributed by atoms with van der Waals surface area (Å²) in [5, 5.41) is 17.4. The maximum atomic E-state index is 12.6. The van der Waals surface area contributed by atoms with Gasteiger partial charge in [0.15, 0.2) is 0 Å². The fourth-order valence-electron chi connectivity index (χ4n) is 2.79. The minimum atomic E-state index is -4.39. The molecule has 1 N–H and O–H groups in total. The molecule has 9 heteroatoms. The minimum absolute atomic E-state index is 0.212. The molecule has 1 unspecified atom stereocenters. The number of aryl methyl sites for hydroxylation is 1. The first-order chi connectivity index (χ1) is 11.3. The van der Waals surface area contributed by atoms with Crippen LogP contribution >= 0.6 is 0 Å². The summed E-state index contributed by atoms with van der Waals surface area (Å²) in [6.07, 6.45) is -4.39. The number of carboxylic acid groups (broad SMARTS) is 1. The second-order valence-corrected chi connectivity index (χ2v) is 5.73. The zero-order valence-electron chi connectivity index (χ0n) is 12.8. The molecule has 2 heterocycles. The number of carboxylic acids is 1. The van der Waals surface area contributed by atoms with E-state index in [0.717, 1.165) is 12.1 Å². The Labute approximate surface area is 135 Å². The number of nitrogens with zero attached hydrogens (tertiary/aromatic N) is 4. The SMILES string of the molecule is Cc1nnc2n1CC(C(=O)O)N(Cc1ccc(C(F)(F)F)cc1)C2. The standard InChI is InChI=1S/C15H15F3N4O2/c1-9-19-20-13-8-21(12(14(23)24)7-22(9)13)6-10-2-4-11(5-3-10)15(16,17)18/h2-5,12H,6-8H2,1H3,(H,23,24). The summed E-state index contributed by atoms with van der Waals surface area (Å²) in [4.78, 5) is 13.2. The summed E-state index contributed by atoms with van der Waals surface area (Å²) in [5.74, 6) is 0.308. The van der Waals surface area contributed by atoms with E-state index in [-0.39, 0.29) is 19.6 Å². The van der Waals surface area contributed by atoms with Crippen molar-refractivity contribution in [1.82, 2.24) is 19.7 Å². The average Bonchev–Trinajstić information content (AvgIpc) is 2.86. The lowest BCUT2D eigenvalue weighted by Crippen LogP contribution is -2.47. The van der Waals surface area contributed by atoms with Crippen LogP contribution in [-0.2, 0) is 30.6 Å². The highest BCUT2D eigenvalue weighted by atomic mass is 19.4. The van der Waals surface area contributed by atoms with Gasteiger partial charge in [0.25, 0.3) is 0 Å². The maximum Gasteiger partial charge on any atom is 0.416 e. The van der Waals surface area contributed by atoms with E-state index in [2.05, 4.69) is 10.2 Å². The molecule has 0 bridgehead atoms. The van der Waals surface area contributed by atoms with E-state index in [1.165, 1.54) is 12.1 Å². The lowest BCUT2D eigenvalue weighted by atomic mass is 10.1. The predicted molar refractivity (Wildman–Crippen MR) is 76.9 cm³/mol. The molecular formula is C15H15F3N4O2. The van der Waals surface area contributed by atoms with E-state index in [0.29, 0.717) is 17.2 Å². The van der Waals surface area contributed by atoms with Gasteiger partial charge < -0.3 is 9.67 Å². The molecule has 0 radical (unpaired) electrons. The third-order valence-electron chi connectivity index (χ3n) is 4.11. The zero-order chi connectivity index (χ0) is 17.5. The van der Waals surface area contributed by atoms with Crippen molar-refractivity contribution >= 4 is 5.97 Å². The number of benzene rings is 1. The summed E-state index contributed by atoms with van der Waals surface area (Å²) in [7, 11) is 0. The van der Waals surface area contributed by atoms with Crippen molar-refractivity contribution in [3.63, 3.8) is 0 Å². The molecule has 24 heavy (non-hydrogen) atoms. The molecule has 1 atom stereocenters. The molecule has 1 aromatic heterocycles. The Hall–Kier alpha value is -2.42. The number of hydrogen-bond donors (Lipinski definition) is 1. The van der Waals surface area contributed by atoms with E-state index in [1.807, 2.05) is 0 Å². The summed E-state index contributed by atoms with van der Waals surface area (Å²) >= 11 is 0. The van der Waals surface area contributed by atoms with E-state index in [9.17, 15) is 23.1 Å². The molecule has 0 saturated carbocycles. The fourth-order valence-corrected chi connectivity index (χ4v) is 2.79. The van der Waals surface area contributed by atoms with E-state index >= 15 is 0 Å². The third kappa shape index (κ3) is 3.12. The largest absolute Gasteiger partial charge is 0.480 e. The second kappa shape index (κ2) is 5.90. The third-order valence-corrected chi connectivity index (χ3v) is 4.11. The zero-order valence-corrected chi connectivity index (χ0v) is 12.8. The molecular weight excluding hydrogens is 325 g/mol. The van der Waals surface area contributed by atoms with Gasteiger partial charge >= 0.3 is 12.1 Å². The second-order valence-electron chi connectivity index (χ2n) is 5.73. The smallest absolute Gasteiger partial charge is 0.416 e. The Balaban J connectivity index is 1.81. The number of rotatable bonds is 3. The van der Waals surface area contributed by atoms with Crippen molar-refractivity contribution in [1.29, 1.82) is 0 Å². The highest BCUT2D eigenvalue weighted by molar-refractivity contribution is 5.73. The highest BCUT2D eigenvalue weighted by Gasteiger charge is 2.34. The number of alkyl halides is 3. The fraction of sp³-hybridized carbons (Fsp3) is 0.400. The molecule has 3 rings (SSSR count). The first kappa shape index (κ1) is 16.4. The Morgan fingerprint density at radius 2 is 1.96 bits per heavy atom. The lowest BCUT2D eigenvalue weighted by molar-refractivity contribution is -0.145. The van der Waals surface area contributed by atoms with Crippen LogP contribution in [-0.4, -0.2) is 36.8 Å². The minimum Gasteiger partial charge on any atom is -0.480 e. The normalized spacial score (nSPS) is 18.4. The molecule has 0 amide bonds. The summed E-state index contributed by atoms with van der Waals surface area (Å²) in [6, 6.07) is 3.96. The molecule has 1 aromatic carbocycles. The lowest BCUT2D eigenvalue weighted by Gasteiger charge is -2.33. The predicted octanol–water partition coefficient (Wildman–Crippen LogP) is 2.07. The van der Waals surface area contributed by atoms with Crippen LogP contribution in [0.4, 0.5) is 13.2 Å². The van der Waals surface area contributed by atoms with Crippen LogP contribution in [0, 0.1) is 6.92 Å². The van der Waals surface area contributed by atoms with Crippen LogP contribution in [0.2, 0.25) is 0 Å². The Kier molecular flexibility index (Phi) is 4.04. The monoisotopic (exact) mass is 340 g/mol. The van der Waals surface area contributed by atoms with E-state index in [1.54, 1.807) is 16.4 Å². The number of fused-ring (bicyclic) bond motifs is 1. The van der Waals surface area contributed by atoms with Crippen molar-refractivity contribution in [2.45, 2.75) is 38.8 Å². The van der Waals surface area contributed by atoms with E-state index in [4.69, 9.17) is 0 Å². The highest BCUT2D eigenvalue weighted by Crippen LogP contribution is 2.29. The van der Waals surface area contributed by atoms with Gasteiger partial charge in [-0.25, -0.2) is 0 Å². The molecule has 0 spiro atoms. The Morgan fingerprint density at radius 3 is 2.54 bits per heavy atom. The van der Waals surface area contributed by atoms with Crippen molar-refractivity contribution in [2.24, 2.45) is 0 Å². The van der Waals surface area contributed by atoms with Crippen LogP contribution in [0.1, 0.15) is 22.8 Å². The van der Waals surface area contributed by atoms with E-state index < -0.39 is 23.8 Å². The van der Waals surface area contributed by atoms with Crippen LogP contribution in [0.3, 0.4) is 0 Å². The summed E-state index contributed by atoms with van der Waals surface area (Å²) in [6.45, 7) is 2.46. The van der Waals surface area contributed by atoms with Gasteiger partial charge in [0, 0.05) is 6.54 Å². The quantitative estimate of drug-likeness (QED) is 0.926. The van der Waals surface area contributed by atoms with Crippen LogP contribution < -0.4 is 0 Å². The van der Waals surface area contributed by atoms with Gasteiger partial charge in [-0.05, 0) is 24.6 Å².